The van der Waals surface area contributed by atoms with E-state index in [4.69, 9.17) is 4.74 Å². The van der Waals surface area contributed by atoms with Crippen LogP contribution < -0.4 is 4.74 Å². The molecule has 102 valence electrons. The van der Waals surface area contributed by atoms with Crippen molar-refractivity contribution in [2.75, 3.05) is 6.61 Å². The van der Waals surface area contributed by atoms with E-state index in [1.54, 1.807) is 0 Å². The smallest absolute Gasteiger partial charge is 0.195 e. The molecule has 0 N–H and O–H groups in total. The zero-order valence-electron chi connectivity index (χ0n) is 11.3. The van der Waals surface area contributed by atoms with Crippen molar-refractivity contribution >= 4 is 22.6 Å². The van der Waals surface area contributed by atoms with Gasteiger partial charge in [0.15, 0.2) is 11.2 Å². The SMILES string of the molecule is CCOc1ccc(-c2nc3scc(C)n3c2C=O)cc1. The Labute approximate surface area is 120 Å². The van der Waals surface area contributed by atoms with Crippen molar-refractivity contribution in [3.8, 4) is 17.0 Å². The highest BCUT2D eigenvalue weighted by atomic mass is 32.1. The van der Waals surface area contributed by atoms with E-state index in [0.29, 0.717) is 12.3 Å². The van der Waals surface area contributed by atoms with Gasteiger partial charge in [-0.2, -0.15) is 0 Å². The van der Waals surface area contributed by atoms with E-state index in [1.807, 2.05) is 47.9 Å². The van der Waals surface area contributed by atoms with Crippen LogP contribution in [-0.4, -0.2) is 22.3 Å². The molecular weight excluding hydrogens is 272 g/mol. The Morgan fingerprint density at radius 3 is 2.75 bits per heavy atom. The maximum absolute atomic E-state index is 11.4. The molecule has 0 bridgehead atoms. The van der Waals surface area contributed by atoms with Crippen molar-refractivity contribution < 1.29 is 9.53 Å². The highest BCUT2D eigenvalue weighted by molar-refractivity contribution is 7.15. The zero-order chi connectivity index (χ0) is 14.1. The molecule has 0 atom stereocenters. The standard InChI is InChI=1S/C15H14N2O2S/c1-3-19-12-6-4-11(5-7-12)14-13(8-18)17-10(2)9-20-15(17)16-14/h4-9H,3H2,1-2H3. The van der Waals surface area contributed by atoms with Gasteiger partial charge in [-0.05, 0) is 38.1 Å². The van der Waals surface area contributed by atoms with Crippen LogP contribution in [0.25, 0.3) is 16.2 Å². The molecule has 2 aromatic heterocycles. The van der Waals surface area contributed by atoms with Crippen LogP contribution in [0.2, 0.25) is 0 Å². The summed E-state index contributed by atoms with van der Waals surface area (Å²) in [6.45, 7) is 4.56. The highest BCUT2D eigenvalue weighted by Gasteiger charge is 2.16. The monoisotopic (exact) mass is 286 g/mol. The number of aldehydes is 1. The predicted octanol–water partition coefficient (Wildman–Crippen LogP) is 3.58. The first kappa shape index (κ1) is 12.9. The second-order valence-corrected chi connectivity index (χ2v) is 5.25. The number of carbonyl (C=O) groups is 1. The lowest BCUT2D eigenvalue weighted by molar-refractivity contribution is 0.111. The summed E-state index contributed by atoms with van der Waals surface area (Å²) in [5.41, 5.74) is 3.27. The van der Waals surface area contributed by atoms with E-state index in [0.717, 1.165) is 33.9 Å². The molecule has 20 heavy (non-hydrogen) atoms. The summed E-state index contributed by atoms with van der Waals surface area (Å²) < 4.78 is 7.32. The minimum atomic E-state index is 0.600. The minimum absolute atomic E-state index is 0.600. The van der Waals surface area contributed by atoms with Gasteiger partial charge >= 0.3 is 0 Å². The van der Waals surface area contributed by atoms with Gasteiger partial charge in [0.05, 0.1) is 6.61 Å². The number of benzene rings is 1. The molecule has 0 saturated carbocycles. The third kappa shape index (κ3) is 2.00. The summed E-state index contributed by atoms with van der Waals surface area (Å²) in [5, 5.41) is 2.00. The minimum Gasteiger partial charge on any atom is -0.494 e. The summed E-state index contributed by atoms with van der Waals surface area (Å²) in [6.07, 6.45) is 0.867. The molecule has 3 aromatic rings. The molecule has 1 aromatic carbocycles. The Kier molecular flexibility index (Phi) is 3.28. The van der Waals surface area contributed by atoms with Crippen LogP contribution >= 0.6 is 11.3 Å². The van der Waals surface area contributed by atoms with Gasteiger partial charge in [-0.25, -0.2) is 4.98 Å². The average Bonchev–Trinajstić information content (AvgIpc) is 3.00. The van der Waals surface area contributed by atoms with Crippen molar-refractivity contribution in [3.63, 3.8) is 0 Å². The van der Waals surface area contributed by atoms with Crippen LogP contribution in [0.15, 0.2) is 29.6 Å². The summed E-state index contributed by atoms with van der Waals surface area (Å²) in [6, 6.07) is 7.65. The maximum atomic E-state index is 11.4. The van der Waals surface area contributed by atoms with E-state index < -0.39 is 0 Å². The van der Waals surface area contributed by atoms with Crippen molar-refractivity contribution in [1.82, 2.24) is 9.38 Å². The third-order valence-electron chi connectivity index (χ3n) is 3.12. The molecule has 0 amide bonds. The van der Waals surface area contributed by atoms with E-state index in [-0.39, 0.29) is 0 Å². The van der Waals surface area contributed by atoms with E-state index in [1.165, 1.54) is 11.3 Å². The number of hydrogen-bond acceptors (Lipinski definition) is 4. The summed E-state index contributed by atoms with van der Waals surface area (Å²) >= 11 is 1.54. The molecule has 5 heteroatoms. The van der Waals surface area contributed by atoms with Gasteiger partial charge in [-0.15, -0.1) is 11.3 Å². The number of carbonyl (C=O) groups excluding carboxylic acids is 1. The fraction of sp³-hybridized carbons (Fsp3) is 0.200. The Morgan fingerprint density at radius 2 is 2.10 bits per heavy atom. The normalized spacial score (nSPS) is 10.9. The van der Waals surface area contributed by atoms with Gasteiger partial charge in [0, 0.05) is 16.6 Å². The topological polar surface area (TPSA) is 43.6 Å². The third-order valence-corrected chi connectivity index (χ3v) is 4.06. The molecule has 0 spiro atoms. The fourth-order valence-corrected chi connectivity index (χ4v) is 3.09. The van der Waals surface area contributed by atoms with E-state index in [9.17, 15) is 4.79 Å². The Hall–Kier alpha value is -2.14. The molecule has 0 aliphatic heterocycles. The lowest BCUT2D eigenvalue weighted by Gasteiger charge is -2.04. The molecular formula is C15H14N2O2S. The quantitative estimate of drug-likeness (QED) is 0.688. The molecule has 3 rings (SSSR count). The molecule has 0 fully saturated rings. The Bertz CT molecular complexity index is 756. The number of ether oxygens (including phenoxy) is 1. The van der Waals surface area contributed by atoms with Crippen LogP contribution in [0.3, 0.4) is 0 Å². The largest absolute Gasteiger partial charge is 0.494 e. The first-order valence-corrected chi connectivity index (χ1v) is 7.27. The summed E-state index contributed by atoms with van der Waals surface area (Å²) in [7, 11) is 0. The van der Waals surface area contributed by atoms with Crippen LogP contribution in [-0.2, 0) is 0 Å². The highest BCUT2D eigenvalue weighted by Crippen LogP contribution is 2.28. The van der Waals surface area contributed by atoms with Gasteiger partial charge in [0.2, 0.25) is 0 Å². The van der Waals surface area contributed by atoms with Gasteiger partial charge in [-0.3, -0.25) is 9.20 Å². The zero-order valence-corrected chi connectivity index (χ0v) is 12.1. The lowest BCUT2D eigenvalue weighted by atomic mass is 10.1. The molecule has 0 aliphatic carbocycles. The van der Waals surface area contributed by atoms with Crippen LogP contribution in [0.1, 0.15) is 23.1 Å². The molecule has 0 saturated heterocycles. The van der Waals surface area contributed by atoms with E-state index >= 15 is 0 Å². The predicted molar refractivity (Wildman–Crippen MR) is 79.8 cm³/mol. The number of nitrogens with zero attached hydrogens (tertiary/aromatic N) is 2. The maximum Gasteiger partial charge on any atom is 0.195 e. The van der Waals surface area contributed by atoms with E-state index in [2.05, 4.69) is 4.98 Å². The van der Waals surface area contributed by atoms with Crippen molar-refractivity contribution in [3.05, 3.63) is 41.0 Å². The molecule has 0 unspecified atom stereocenters. The lowest BCUT2D eigenvalue weighted by Crippen LogP contribution is -1.94. The second-order valence-electron chi connectivity index (χ2n) is 4.42. The number of aromatic nitrogens is 2. The van der Waals surface area contributed by atoms with Crippen LogP contribution in [0.5, 0.6) is 5.75 Å². The number of fused-ring (bicyclic) bond motifs is 1. The van der Waals surface area contributed by atoms with Crippen LogP contribution in [0, 0.1) is 6.92 Å². The summed E-state index contributed by atoms with van der Waals surface area (Å²) in [4.78, 5) is 16.8. The number of thiazole rings is 1. The second kappa shape index (κ2) is 5.09. The molecule has 0 aliphatic rings. The van der Waals surface area contributed by atoms with Crippen molar-refractivity contribution in [2.24, 2.45) is 0 Å². The number of hydrogen-bond donors (Lipinski definition) is 0. The molecule has 0 radical (unpaired) electrons. The van der Waals surface area contributed by atoms with Gasteiger partial charge in [0.25, 0.3) is 0 Å². The Balaban J connectivity index is 2.11. The molecule has 4 nitrogen and oxygen atoms in total. The van der Waals surface area contributed by atoms with Crippen LogP contribution in [0.4, 0.5) is 0 Å². The number of rotatable bonds is 4. The number of aryl methyl sites for hydroxylation is 1. The number of imidazole rings is 1. The Morgan fingerprint density at radius 1 is 1.35 bits per heavy atom. The van der Waals surface area contributed by atoms with Gasteiger partial charge in [-0.1, -0.05) is 0 Å². The first-order chi connectivity index (χ1) is 9.74. The summed E-state index contributed by atoms with van der Waals surface area (Å²) in [5.74, 6) is 0.820. The average molecular weight is 286 g/mol. The van der Waals surface area contributed by atoms with Gasteiger partial charge in [0.1, 0.15) is 17.1 Å². The first-order valence-electron chi connectivity index (χ1n) is 6.39. The van der Waals surface area contributed by atoms with Gasteiger partial charge < -0.3 is 4.74 Å². The van der Waals surface area contributed by atoms with Crippen molar-refractivity contribution in [2.45, 2.75) is 13.8 Å². The fourth-order valence-electron chi connectivity index (χ4n) is 2.22. The molecule has 2 heterocycles. The van der Waals surface area contributed by atoms with Crippen molar-refractivity contribution in [1.29, 1.82) is 0 Å².